The maximum atomic E-state index is 12.7. The number of hydrogen-bond donors (Lipinski definition) is 3. The van der Waals surface area contributed by atoms with Crippen LogP contribution in [0, 0.1) is 5.92 Å². The number of benzene rings is 1. The third-order valence-corrected chi connectivity index (χ3v) is 6.46. The summed E-state index contributed by atoms with van der Waals surface area (Å²) in [6.45, 7) is 1.26. The maximum absolute atomic E-state index is 12.7. The normalized spacial score (nSPS) is 18.6. The number of hydrogen-bond acceptors (Lipinski definition) is 6. The lowest BCUT2D eigenvalue weighted by molar-refractivity contribution is 0.0939. The van der Waals surface area contributed by atoms with Gasteiger partial charge in [0.05, 0.1) is 22.8 Å². The number of rotatable bonds is 5. The predicted octanol–water partition coefficient (Wildman–Crippen LogP) is 1.72. The summed E-state index contributed by atoms with van der Waals surface area (Å²) < 4.78 is 3.43. The minimum absolute atomic E-state index is 0.164. The average Bonchev–Trinajstić information content (AvgIpc) is 3.52. The molecule has 4 aromatic rings. The Morgan fingerprint density at radius 3 is 2.94 bits per heavy atom. The quantitative estimate of drug-likeness (QED) is 0.431. The number of para-hydroxylation sites is 2. The van der Waals surface area contributed by atoms with Gasteiger partial charge < -0.3 is 20.2 Å². The second-order valence-electron chi connectivity index (χ2n) is 8.72. The standard InChI is InChI=1S/C23H24N8O2/c1-30-20-19(29-21(30)22(32)25-11-13-6-7-13)18(26-12-27-20)16-10-14(8-9-24-16)31-17-5-3-2-4-15(17)28-23(31)33/h2-5,8,12-13,16,24H,6-7,9-11H2,1H3,(H,25,32)(H,28,33). The summed E-state index contributed by atoms with van der Waals surface area (Å²) in [4.78, 5) is 41.9. The number of aromatic amines is 1. The molecule has 1 saturated carbocycles. The molecule has 1 aliphatic heterocycles. The molecule has 0 bridgehead atoms. The molecule has 1 amide bonds. The van der Waals surface area contributed by atoms with E-state index in [0.717, 1.165) is 22.4 Å². The molecule has 1 aliphatic carbocycles. The van der Waals surface area contributed by atoms with Crippen LogP contribution in [0.1, 0.15) is 41.6 Å². The molecule has 1 fully saturated rings. The molecule has 2 aliphatic rings. The number of nitrogens with one attached hydrogen (secondary N) is 3. The average molecular weight is 444 g/mol. The van der Waals surface area contributed by atoms with Crippen LogP contribution >= 0.6 is 0 Å². The van der Waals surface area contributed by atoms with Crippen LogP contribution in [0.4, 0.5) is 0 Å². The number of amides is 1. The smallest absolute Gasteiger partial charge is 0.330 e. The molecule has 4 heterocycles. The lowest BCUT2D eigenvalue weighted by Gasteiger charge is -2.24. The number of nitrogens with zero attached hydrogens (tertiary/aromatic N) is 5. The largest absolute Gasteiger partial charge is 0.349 e. The third-order valence-electron chi connectivity index (χ3n) is 6.46. The zero-order valence-corrected chi connectivity index (χ0v) is 18.2. The minimum atomic E-state index is -0.198. The van der Waals surface area contributed by atoms with Crippen LogP contribution in [-0.4, -0.2) is 48.1 Å². The molecule has 33 heavy (non-hydrogen) atoms. The summed E-state index contributed by atoms with van der Waals surface area (Å²) >= 11 is 0. The van der Waals surface area contributed by atoms with Crippen molar-refractivity contribution in [2.24, 2.45) is 13.0 Å². The number of H-pyrrole nitrogens is 1. The molecule has 3 aromatic heterocycles. The molecular formula is C23H24N8O2. The van der Waals surface area contributed by atoms with Gasteiger partial charge >= 0.3 is 5.69 Å². The van der Waals surface area contributed by atoms with Crippen LogP contribution < -0.4 is 16.3 Å². The van der Waals surface area contributed by atoms with Gasteiger partial charge in [0.25, 0.3) is 5.91 Å². The zero-order chi connectivity index (χ0) is 22.5. The van der Waals surface area contributed by atoms with Gasteiger partial charge in [0.1, 0.15) is 11.8 Å². The predicted molar refractivity (Wildman–Crippen MR) is 124 cm³/mol. The van der Waals surface area contributed by atoms with E-state index in [4.69, 9.17) is 0 Å². The molecular weight excluding hydrogens is 420 g/mol. The Morgan fingerprint density at radius 1 is 1.24 bits per heavy atom. The Morgan fingerprint density at radius 2 is 2.09 bits per heavy atom. The first-order valence-corrected chi connectivity index (χ1v) is 11.2. The summed E-state index contributed by atoms with van der Waals surface area (Å²) in [5, 5.41) is 6.43. The van der Waals surface area contributed by atoms with E-state index in [9.17, 15) is 9.59 Å². The van der Waals surface area contributed by atoms with E-state index in [0.29, 0.717) is 42.4 Å². The van der Waals surface area contributed by atoms with Crippen LogP contribution in [0.25, 0.3) is 27.9 Å². The van der Waals surface area contributed by atoms with E-state index in [1.807, 2.05) is 30.3 Å². The van der Waals surface area contributed by atoms with Crippen LogP contribution in [0.2, 0.25) is 0 Å². The van der Waals surface area contributed by atoms with Crippen LogP contribution in [0.5, 0.6) is 0 Å². The highest BCUT2D eigenvalue weighted by Crippen LogP contribution is 2.30. The van der Waals surface area contributed by atoms with Crippen molar-refractivity contribution < 1.29 is 4.79 Å². The molecule has 1 unspecified atom stereocenters. The van der Waals surface area contributed by atoms with Crippen molar-refractivity contribution in [1.29, 1.82) is 0 Å². The van der Waals surface area contributed by atoms with E-state index < -0.39 is 0 Å². The molecule has 1 aromatic carbocycles. The molecule has 3 N–H and O–H groups in total. The van der Waals surface area contributed by atoms with Crippen LogP contribution in [0.15, 0.2) is 41.5 Å². The number of aryl methyl sites for hydroxylation is 1. The summed E-state index contributed by atoms with van der Waals surface area (Å²) in [6.07, 6.45) is 6.41. The zero-order valence-electron chi connectivity index (χ0n) is 18.2. The molecule has 10 nitrogen and oxygen atoms in total. The number of carbonyl (C=O) groups excluding carboxylic acids is 1. The molecule has 6 rings (SSSR count). The van der Waals surface area contributed by atoms with Crippen molar-refractivity contribution in [1.82, 2.24) is 39.7 Å². The molecule has 0 saturated heterocycles. The first kappa shape index (κ1) is 19.9. The number of aromatic nitrogens is 6. The topological polar surface area (TPSA) is 123 Å². The van der Waals surface area contributed by atoms with Crippen LogP contribution in [-0.2, 0) is 7.05 Å². The van der Waals surface area contributed by atoms with Gasteiger partial charge in [0.2, 0.25) is 5.82 Å². The van der Waals surface area contributed by atoms with E-state index in [2.05, 4.69) is 30.6 Å². The Balaban J connectivity index is 1.34. The number of imidazole rings is 2. The summed E-state index contributed by atoms with van der Waals surface area (Å²) in [5.74, 6) is 0.714. The van der Waals surface area contributed by atoms with Gasteiger partial charge in [0, 0.05) is 32.3 Å². The fourth-order valence-corrected chi connectivity index (χ4v) is 4.51. The van der Waals surface area contributed by atoms with Crippen LogP contribution in [0.3, 0.4) is 0 Å². The lowest BCUT2D eigenvalue weighted by atomic mass is 10.0. The third kappa shape index (κ3) is 3.43. The van der Waals surface area contributed by atoms with Gasteiger partial charge in [-0.25, -0.2) is 19.7 Å². The molecule has 1 atom stereocenters. The van der Waals surface area contributed by atoms with Crippen molar-refractivity contribution >= 4 is 33.8 Å². The summed E-state index contributed by atoms with van der Waals surface area (Å²) in [5.41, 5.74) is 4.30. The monoisotopic (exact) mass is 444 g/mol. The molecule has 0 radical (unpaired) electrons. The minimum Gasteiger partial charge on any atom is -0.349 e. The Labute approximate surface area is 188 Å². The lowest BCUT2D eigenvalue weighted by Crippen LogP contribution is -2.30. The van der Waals surface area contributed by atoms with Gasteiger partial charge in [0.15, 0.2) is 5.65 Å². The van der Waals surface area contributed by atoms with Gasteiger partial charge in [-0.2, -0.15) is 0 Å². The Kier molecular flexibility index (Phi) is 4.61. The molecule has 10 heteroatoms. The van der Waals surface area contributed by atoms with Gasteiger partial charge in [-0.3, -0.25) is 9.36 Å². The fraction of sp³-hybridized carbons (Fsp3) is 0.348. The van der Waals surface area contributed by atoms with E-state index in [1.165, 1.54) is 19.2 Å². The van der Waals surface area contributed by atoms with E-state index in [1.54, 1.807) is 16.2 Å². The molecule has 0 spiro atoms. The van der Waals surface area contributed by atoms with Crippen molar-refractivity contribution in [3.8, 4) is 0 Å². The van der Waals surface area contributed by atoms with Crippen molar-refractivity contribution in [2.45, 2.75) is 25.3 Å². The van der Waals surface area contributed by atoms with Crippen molar-refractivity contribution in [2.75, 3.05) is 13.1 Å². The number of fused-ring (bicyclic) bond motifs is 2. The Hall–Kier alpha value is -3.79. The highest BCUT2D eigenvalue weighted by Gasteiger charge is 2.27. The van der Waals surface area contributed by atoms with Gasteiger partial charge in [-0.1, -0.05) is 18.2 Å². The van der Waals surface area contributed by atoms with Crippen molar-refractivity contribution in [3.05, 3.63) is 58.7 Å². The summed E-state index contributed by atoms with van der Waals surface area (Å²) in [7, 11) is 1.79. The highest BCUT2D eigenvalue weighted by atomic mass is 16.2. The van der Waals surface area contributed by atoms with Crippen molar-refractivity contribution in [3.63, 3.8) is 0 Å². The first-order valence-electron chi connectivity index (χ1n) is 11.2. The van der Waals surface area contributed by atoms with E-state index >= 15 is 0 Å². The SMILES string of the molecule is Cn1c(C(=O)NCC2CC2)nc2c(C3CC(n4c(=O)[nH]c5ccccc54)=CCN3)ncnc21. The first-order chi connectivity index (χ1) is 16.1. The van der Waals surface area contributed by atoms with E-state index in [-0.39, 0.29) is 17.6 Å². The second kappa shape index (κ2) is 7.66. The molecule has 168 valence electrons. The maximum Gasteiger partial charge on any atom is 0.330 e. The highest BCUT2D eigenvalue weighted by molar-refractivity contribution is 5.94. The van der Waals surface area contributed by atoms with Gasteiger partial charge in [-0.05, 0) is 30.9 Å². The van der Waals surface area contributed by atoms with Gasteiger partial charge in [-0.15, -0.1) is 0 Å². The summed E-state index contributed by atoms with van der Waals surface area (Å²) in [6, 6.07) is 7.47. The second-order valence-corrected chi connectivity index (χ2v) is 8.72. The Bertz CT molecular complexity index is 1470. The fourth-order valence-electron chi connectivity index (χ4n) is 4.51. The number of carbonyl (C=O) groups is 1.